The Balaban J connectivity index is 1.19. The van der Waals surface area contributed by atoms with Gasteiger partial charge in [-0.2, -0.15) is 4.39 Å². The molecule has 0 fully saturated rings. The number of amides is 1. The van der Waals surface area contributed by atoms with Crippen LogP contribution >= 0.6 is 11.9 Å². The van der Waals surface area contributed by atoms with Gasteiger partial charge in [0.2, 0.25) is 5.95 Å². The molecule has 6 aromatic rings. The van der Waals surface area contributed by atoms with Gasteiger partial charge in [0, 0.05) is 41.8 Å². The standard InChI is InChI=1S/C41H35F3N4O6S/c1-4-54-22-23-16-34(52-2)37(35(17-23)53-3)29-12-9-26(39-30(29)6-5-14-46-39)18-33(41(50)51)47-40(49)38-31(42)20-27(21-32(38)43)48-55-28-10-7-24(8-11-28)25-13-15-45-36(44)19-25/h5-17,19-21,33,48H,4,18,22H2,1-3H3,(H,47,49)(H,50,51)/t33-/m0/s1. The van der Waals surface area contributed by atoms with Crippen molar-refractivity contribution in [1.82, 2.24) is 15.3 Å². The fraction of sp³-hybridized carbons (Fsp3) is 0.171. The zero-order valence-corrected chi connectivity index (χ0v) is 30.7. The van der Waals surface area contributed by atoms with E-state index in [-0.39, 0.29) is 12.1 Å². The average molecular weight is 769 g/mol. The SMILES string of the molecule is CCOCc1cc(OC)c(-c2ccc(C[C@H](NC(=O)c3c(F)cc(NSc4ccc(-c5ccnc(F)c5)cc4)cc3F)C(=O)O)c3ncccc23)c(OC)c1. The van der Waals surface area contributed by atoms with Crippen molar-refractivity contribution in [2.24, 2.45) is 0 Å². The number of anilines is 1. The molecule has 0 saturated heterocycles. The largest absolute Gasteiger partial charge is 0.496 e. The highest BCUT2D eigenvalue weighted by atomic mass is 32.2. The molecule has 55 heavy (non-hydrogen) atoms. The van der Waals surface area contributed by atoms with E-state index in [1.807, 2.05) is 25.1 Å². The molecule has 0 aliphatic rings. The Kier molecular flexibility index (Phi) is 12.2. The first-order chi connectivity index (χ1) is 26.6. The number of fused-ring (bicyclic) bond motifs is 1. The van der Waals surface area contributed by atoms with Crippen molar-refractivity contribution in [3.05, 3.63) is 132 Å². The molecule has 2 aromatic heterocycles. The normalized spacial score (nSPS) is 11.6. The van der Waals surface area contributed by atoms with Crippen LogP contribution in [0.5, 0.6) is 11.5 Å². The predicted octanol–water partition coefficient (Wildman–Crippen LogP) is 8.48. The topological polar surface area (TPSA) is 132 Å². The molecular formula is C41H35F3N4O6S. The van der Waals surface area contributed by atoms with Crippen LogP contribution in [0, 0.1) is 17.6 Å². The van der Waals surface area contributed by atoms with Crippen LogP contribution in [0.2, 0.25) is 0 Å². The molecule has 1 atom stereocenters. The number of benzene rings is 4. The van der Waals surface area contributed by atoms with Crippen LogP contribution in [0.25, 0.3) is 33.2 Å². The molecule has 0 radical (unpaired) electrons. The highest BCUT2D eigenvalue weighted by Gasteiger charge is 2.27. The van der Waals surface area contributed by atoms with Crippen molar-refractivity contribution in [3.8, 4) is 33.8 Å². The number of carbonyl (C=O) groups is 2. The summed E-state index contributed by atoms with van der Waals surface area (Å²) < 4.78 is 64.0. The summed E-state index contributed by atoms with van der Waals surface area (Å²) in [6.07, 6.45) is 2.68. The second kappa shape index (κ2) is 17.3. The van der Waals surface area contributed by atoms with E-state index < -0.39 is 41.1 Å². The Morgan fingerprint density at radius 2 is 1.56 bits per heavy atom. The maximum Gasteiger partial charge on any atom is 0.326 e. The van der Waals surface area contributed by atoms with Gasteiger partial charge < -0.3 is 29.4 Å². The van der Waals surface area contributed by atoms with Gasteiger partial charge in [-0.1, -0.05) is 30.3 Å². The van der Waals surface area contributed by atoms with E-state index in [1.54, 1.807) is 68.9 Å². The summed E-state index contributed by atoms with van der Waals surface area (Å²) in [4.78, 5) is 34.4. The van der Waals surface area contributed by atoms with Crippen LogP contribution in [0.15, 0.2) is 102 Å². The number of ether oxygens (including phenoxy) is 3. The first-order valence-electron chi connectivity index (χ1n) is 17.0. The minimum Gasteiger partial charge on any atom is -0.496 e. The third-order valence-corrected chi connectivity index (χ3v) is 9.50. The van der Waals surface area contributed by atoms with Gasteiger partial charge in [0.25, 0.3) is 5.91 Å². The minimum atomic E-state index is -1.57. The highest BCUT2D eigenvalue weighted by Crippen LogP contribution is 2.43. The van der Waals surface area contributed by atoms with Crippen molar-refractivity contribution in [1.29, 1.82) is 0 Å². The first-order valence-corrected chi connectivity index (χ1v) is 17.8. The third kappa shape index (κ3) is 8.82. The van der Waals surface area contributed by atoms with Gasteiger partial charge >= 0.3 is 5.97 Å². The lowest BCUT2D eigenvalue weighted by molar-refractivity contribution is -0.139. The molecule has 3 N–H and O–H groups in total. The second-order valence-corrected chi connectivity index (χ2v) is 13.0. The predicted molar refractivity (Wildman–Crippen MR) is 204 cm³/mol. The van der Waals surface area contributed by atoms with Gasteiger partial charge in [0.05, 0.1) is 37.6 Å². The lowest BCUT2D eigenvalue weighted by atomic mass is 9.93. The molecule has 2 heterocycles. The van der Waals surface area contributed by atoms with Gasteiger partial charge in [-0.15, -0.1) is 0 Å². The van der Waals surface area contributed by atoms with E-state index >= 15 is 8.78 Å². The Morgan fingerprint density at radius 3 is 2.20 bits per heavy atom. The molecule has 0 saturated carbocycles. The van der Waals surface area contributed by atoms with Crippen LogP contribution in [0.4, 0.5) is 18.9 Å². The number of aliphatic carboxylic acids is 1. The summed E-state index contributed by atoms with van der Waals surface area (Å²) >= 11 is 1.06. The molecule has 0 aliphatic carbocycles. The maximum absolute atomic E-state index is 15.3. The number of aromatic nitrogens is 2. The number of hydrogen-bond donors (Lipinski definition) is 3. The van der Waals surface area contributed by atoms with Gasteiger partial charge in [-0.25, -0.2) is 18.6 Å². The molecule has 1 amide bonds. The zero-order valence-electron chi connectivity index (χ0n) is 29.9. The van der Waals surface area contributed by atoms with Gasteiger partial charge in [0.15, 0.2) is 0 Å². The Morgan fingerprint density at radius 1 is 0.855 bits per heavy atom. The maximum atomic E-state index is 15.3. The minimum absolute atomic E-state index is 0.0291. The number of nitrogens with one attached hydrogen (secondary N) is 2. The summed E-state index contributed by atoms with van der Waals surface area (Å²) in [6, 6.07) is 21.0. The fourth-order valence-electron chi connectivity index (χ4n) is 6.06. The molecule has 0 aliphatic heterocycles. The average Bonchev–Trinajstić information content (AvgIpc) is 3.18. The molecule has 0 spiro atoms. The van der Waals surface area contributed by atoms with E-state index in [2.05, 4.69) is 20.0 Å². The Hall–Kier alpha value is -6.12. The number of hydrogen-bond acceptors (Lipinski definition) is 9. The number of methoxy groups -OCH3 is 2. The Bertz CT molecular complexity index is 2310. The van der Waals surface area contributed by atoms with Crippen molar-refractivity contribution in [2.75, 3.05) is 25.5 Å². The molecule has 0 bridgehead atoms. The van der Waals surface area contributed by atoms with E-state index in [0.29, 0.717) is 62.8 Å². The number of carboxylic acids is 1. The number of rotatable bonds is 15. The molecular weight excluding hydrogens is 734 g/mol. The molecule has 10 nitrogen and oxygen atoms in total. The lowest BCUT2D eigenvalue weighted by Crippen LogP contribution is -2.43. The number of halogens is 3. The summed E-state index contributed by atoms with van der Waals surface area (Å²) in [5.74, 6) is -4.57. The quantitative estimate of drug-likeness (QED) is 0.0691. The highest BCUT2D eigenvalue weighted by molar-refractivity contribution is 8.00. The molecule has 282 valence electrons. The van der Waals surface area contributed by atoms with Gasteiger partial charge in [-0.3, -0.25) is 9.78 Å². The number of carboxylic acid groups (broad SMARTS) is 1. The number of carbonyl (C=O) groups excluding carboxylic acids is 1. The van der Waals surface area contributed by atoms with Crippen LogP contribution in [0.3, 0.4) is 0 Å². The second-order valence-electron chi connectivity index (χ2n) is 12.2. The van der Waals surface area contributed by atoms with E-state index in [0.717, 1.165) is 35.2 Å². The van der Waals surface area contributed by atoms with Crippen molar-refractivity contribution < 1.29 is 42.1 Å². The van der Waals surface area contributed by atoms with Crippen LogP contribution in [0.1, 0.15) is 28.4 Å². The molecule has 0 unspecified atom stereocenters. The van der Waals surface area contributed by atoms with E-state index in [9.17, 15) is 19.1 Å². The summed E-state index contributed by atoms with van der Waals surface area (Å²) in [5.41, 5.74) is 3.61. The Labute approximate surface area is 318 Å². The first kappa shape index (κ1) is 38.6. The molecule has 14 heteroatoms. The summed E-state index contributed by atoms with van der Waals surface area (Å²) in [5, 5.41) is 13.1. The van der Waals surface area contributed by atoms with E-state index in [4.69, 9.17) is 14.2 Å². The number of nitrogens with zero attached hydrogens (tertiary/aromatic N) is 2. The van der Waals surface area contributed by atoms with Crippen LogP contribution < -0.4 is 19.5 Å². The van der Waals surface area contributed by atoms with E-state index in [1.165, 1.54) is 12.3 Å². The lowest BCUT2D eigenvalue weighted by Gasteiger charge is -2.19. The molecule has 4 aromatic carbocycles. The smallest absolute Gasteiger partial charge is 0.326 e. The van der Waals surface area contributed by atoms with Crippen molar-refractivity contribution >= 4 is 40.4 Å². The monoisotopic (exact) mass is 768 g/mol. The molecule has 6 rings (SSSR count). The van der Waals surface area contributed by atoms with Crippen LogP contribution in [-0.2, 0) is 22.6 Å². The fourth-order valence-corrected chi connectivity index (χ4v) is 6.69. The summed E-state index contributed by atoms with van der Waals surface area (Å²) in [6.45, 7) is 2.79. The summed E-state index contributed by atoms with van der Waals surface area (Å²) in [7, 11) is 3.09. The number of pyridine rings is 2. The zero-order chi connectivity index (χ0) is 39.1. The van der Waals surface area contributed by atoms with Gasteiger partial charge in [-0.05, 0) is 95.2 Å². The van der Waals surface area contributed by atoms with Crippen molar-refractivity contribution in [2.45, 2.75) is 30.9 Å². The third-order valence-electron chi connectivity index (χ3n) is 8.66. The van der Waals surface area contributed by atoms with Crippen LogP contribution in [-0.4, -0.2) is 53.8 Å². The van der Waals surface area contributed by atoms with Crippen molar-refractivity contribution in [3.63, 3.8) is 0 Å². The van der Waals surface area contributed by atoms with Gasteiger partial charge in [0.1, 0.15) is 34.7 Å².